The largest absolute Gasteiger partial charge is 0.460 e. The second-order valence-electron chi connectivity index (χ2n) is 3.60. The first kappa shape index (κ1) is 13.5. The number of anilines is 1. The van der Waals surface area contributed by atoms with Crippen LogP contribution < -0.4 is 5.73 Å². The van der Waals surface area contributed by atoms with Crippen molar-refractivity contribution in [1.29, 1.82) is 0 Å². The number of hydrogen-bond donors (Lipinski definition) is 2. The molecule has 0 aliphatic rings. The maximum atomic E-state index is 11.6. The van der Waals surface area contributed by atoms with Gasteiger partial charge in [0.15, 0.2) is 0 Å². The van der Waals surface area contributed by atoms with Crippen molar-refractivity contribution in [3.05, 3.63) is 29.3 Å². The van der Waals surface area contributed by atoms with E-state index in [9.17, 15) is 4.79 Å². The molecule has 0 aliphatic carbocycles. The SMILES string of the molecule is Cc1cc(N)cc(C(=O)OCCOCCO)c1. The van der Waals surface area contributed by atoms with Crippen LogP contribution in [0.4, 0.5) is 5.69 Å². The van der Waals surface area contributed by atoms with Gasteiger partial charge in [0.1, 0.15) is 6.61 Å². The topological polar surface area (TPSA) is 81.8 Å². The van der Waals surface area contributed by atoms with Gasteiger partial charge >= 0.3 is 5.97 Å². The summed E-state index contributed by atoms with van der Waals surface area (Å²) in [5, 5.41) is 8.47. The molecule has 0 bridgehead atoms. The number of nitrogens with two attached hydrogens (primary N) is 1. The molecular formula is C12H17NO4. The van der Waals surface area contributed by atoms with Crippen LogP contribution in [-0.2, 0) is 9.47 Å². The number of rotatable bonds is 6. The molecule has 0 aliphatic heterocycles. The van der Waals surface area contributed by atoms with E-state index < -0.39 is 5.97 Å². The molecule has 17 heavy (non-hydrogen) atoms. The van der Waals surface area contributed by atoms with Crippen LogP contribution in [0.15, 0.2) is 18.2 Å². The zero-order chi connectivity index (χ0) is 12.7. The molecule has 0 heterocycles. The Kier molecular flexibility index (Phi) is 5.45. The first-order valence-corrected chi connectivity index (χ1v) is 5.36. The minimum Gasteiger partial charge on any atom is -0.460 e. The average Bonchev–Trinajstić information content (AvgIpc) is 2.27. The summed E-state index contributed by atoms with van der Waals surface area (Å²) in [5.41, 5.74) is 7.51. The highest BCUT2D eigenvalue weighted by Gasteiger charge is 2.08. The Morgan fingerprint density at radius 3 is 2.71 bits per heavy atom. The van der Waals surface area contributed by atoms with E-state index in [0.717, 1.165) is 5.56 Å². The number of aliphatic hydroxyl groups is 1. The van der Waals surface area contributed by atoms with Crippen LogP contribution in [0, 0.1) is 6.92 Å². The van der Waals surface area contributed by atoms with E-state index in [2.05, 4.69) is 0 Å². The van der Waals surface area contributed by atoms with Crippen molar-refractivity contribution >= 4 is 11.7 Å². The summed E-state index contributed by atoms with van der Waals surface area (Å²) in [6.45, 7) is 2.50. The summed E-state index contributed by atoms with van der Waals surface area (Å²) in [4.78, 5) is 11.6. The van der Waals surface area contributed by atoms with Crippen molar-refractivity contribution in [2.45, 2.75) is 6.92 Å². The van der Waals surface area contributed by atoms with Crippen LogP contribution >= 0.6 is 0 Å². The molecule has 94 valence electrons. The lowest BCUT2D eigenvalue weighted by Gasteiger charge is -2.06. The molecule has 5 heteroatoms. The van der Waals surface area contributed by atoms with Crippen LogP contribution in [0.25, 0.3) is 0 Å². The highest BCUT2D eigenvalue weighted by Crippen LogP contribution is 2.12. The first-order valence-electron chi connectivity index (χ1n) is 5.36. The monoisotopic (exact) mass is 239 g/mol. The fourth-order valence-corrected chi connectivity index (χ4v) is 1.37. The lowest BCUT2D eigenvalue weighted by Crippen LogP contribution is -2.12. The second kappa shape index (κ2) is 6.88. The molecule has 1 aromatic carbocycles. The van der Waals surface area contributed by atoms with Crippen molar-refractivity contribution in [2.75, 3.05) is 32.2 Å². The number of aryl methyl sites for hydroxylation is 1. The molecule has 0 saturated carbocycles. The molecule has 0 saturated heterocycles. The van der Waals surface area contributed by atoms with Crippen LogP contribution in [0.5, 0.6) is 0 Å². The highest BCUT2D eigenvalue weighted by atomic mass is 16.6. The lowest BCUT2D eigenvalue weighted by atomic mass is 10.1. The standard InChI is InChI=1S/C12H17NO4/c1-9-6-10(8-11(13)7-9)12(15)17-5-4-16-3-2-14/h6-8,14H,2-5,13H2,1H3. The van der Waals surface area contributed by atoms with Gasteiger partial charge in [-0.05, 0) is 30.7 Å². The third kappa shape index (κ3) is 4.84. The number of carbonyl (C=O) groups excluding carboxylic acids is 1. The van der Waals surface area contributed by atoms with Gasteiger partial charge in [-0.1, -0.05) is 0 Å². The summed E-state index contributed by atoms with van der Waals surface area (Å²) < 4.78 is 9.95. The number of aliphatic hydroxyl groups excluding tert-OH is 1. The summed E-state index contributed by atoms with van der Waals surface area (Å²) in [6.07, 6.45) is 0. The van der Waals surface area contributed by atoms with Crippen molar-refractivity contribution in [3.8, 4) is 0 Å². The number of ether oxygens (including phenoxy) is 2. The number of benzene rings is 1. The van der Waals surface area contributed by atoms with Crippen LogP contribution in [-0.4, -0.2) is 37.5 Å². The van der Waals surface area contributed by atoms with Crippen LogP contribution in [0.2, 0.25) is 0 Å². The number of carbonyl (C=O) groups is 1. The van der Waals surface area contributed by atoms with Gasteiger partial charge in [0, 0.05) is 5.69 Å². The van der Waals surface area contributed by atoms with Gasteiger partial charge in [-0.2, -0.15) is 0 Å². The molecule has 0 fully saturated rings. The van der Waals surface area contributed by atoms with Gasteiger partial charge in [0.05, 0.1) is 25.4 Å². The zero-order valence-electron chi connectivity index (χ0n) is 9.81. The minimum absolute atomic E-state index is 0.0393. The van der Waals surface area contributed by atoms with E-state index >= 15 is 0 Å². The third-order valence-corrected chi connectivity index (χ3v) is 2.03. The molecule has 1 rings (SSSR count). The number of nitrogen functional groups attached to an aromatic ring is 1. The van der Waals surface area contributed by atoms with Gasteiger partial charge in [-0.25, -0.2) is 4.79 Å². The van der Waals surface area contributed by atoms with E-state index in [-0.39, 0.29) is 26.4 Å². The lowest BCUT2D eigenvalue weighted by molar-refractivity contribution is 0.0258. The van der Waals surface area contributed by atoms with Gasteiger partial charge in [0.2, 0.25) is 0 Å². The number of esters is 1. The van der Waals surface area contributed by atoms with Gasteiger partial charge < -0.3 is 20.3 Å². The molecule has 0 radical (unpaired) electrons. The molecule has 0 amide bonds. The van der Waals surface area contributed by atoms with Gasteiger partial charge in [-0.15, -0.1) is 0 Å². The van der Waals surface area contributed by atoms with E-state index in [1.165, 1.54) is 0 Å². The predicted molar refractivity (Wildman–Crippen MR) is 63.8 cm³/mol. The number of hydrogen-bond acceptors (Lipinski definition) is 5. The molecule has 1 aromatic rings. The van der Waals surface area contributed by atoms with Crippen molar-refractivity contribution in [2.24, 2.45) is 0 Å². The molecule has 0 spiro atoms. The van der Waals surface area contributed by atoms with Crippen molar-refractivity contribution in [1.82, 2.24) is 0 Å². The minimum atomic E-state index is -0.423. The van der Waals surface area contributed by atoms with Crippen LogP contribution in [0.3, 0.4) is 0 Å². The molecule has 5 nitrogen and oxygen atoms in total. The Morgan fingerprint density at radius 1 is 1.29 bits per heavy atom. The quantitative estimate of drug-likeness (QED) is 0.435. The second-order valence-corrected chi connectivity index (χ2v) is 3.60. The zero-order valence-corrected chi connectivity index (χ0v) is 9.81. The Labute approximate surface area is 100 Å². The van der Waals surface area contributed by atoms with Gasteiger partial charge in [0.25, 0.3) is 0 Å². The fourth-order valence-electron chi connectivity index (χ4n) is 1.37. The molecular weight excluding hydrogens is 222 g/mol. The maximum Gasteiger partial charge on any atom is 0.338 e. The summed E-state index contributed by atoms with van der Waals surface area (Å²) >= 11 is 0. The first-order chi connectivity index (χ1) is 8.13. The Bertz CT molecular complexity index is 359. The average molecular weight is 239 g/mol. The van der Waals surface area contributed by atoms with Crippen molar-refractivity contribution in [3.63, 3.8) is 0 Å². The summed E-state index contributed by atoms with van der Waals surface area (Å²) in [5.74, 6) is -0.423. The Hall–Kier alpha value is -1.59. The maximum absolute atomic E-state index is 11.6. The summed E-state index contributed by atoms with van der Waals surface area (Å²) in [6, 6.07) is 5.07. The molecule has 0 atom stereocenters. The van der Waals surface area contributed by atoms with E-state index in [0.29, 0.717) is 11.3 Å². The van der Waals surface area contributed by atoms with E-state index in [1.807, 2.05) is 6.92 Å². The smallest absolute Gasteiger partial charge is 0.338 e. The van der Waals surface area contributed by atoms with Crippen molar-refractivity contribution < 1.29 is 19.4 Å². The molecule has 0 unspecified atom stereocenters. The fraction of sp³-hybridized carbons (Fsp3) is 0.417. The highest BCUT2D eigenvalue weighted by molar-refractivity contribution is 5.90. The normalized spacial score (nSPS) is 10.2. The molecule has 3 N–H and O–H groups in total. The van der Waals surface area contributed by atoms with Crippen LogP contribution in [0.1, 0.15) is 15.9 Å². The van der Waals surface area contributed by atoms with Gasteiger partial charge in [-0.3, -0.25) is 0 Å². The van der Waals surface area contributed by atoms with E-state index in [4.69, 9.17) is 20.3 Å². The summed E-state index contributed by atoms with van der Waals surface area (Å²) in [7, 11) is 0. The Balaban J connectivity index is 2.41. The van der Waals surface area contributed by atoms with E-state index in [1.54, 1.807) is 18.2 Å². The Morgan fingerprint density at radius 2 is 2.06 bits per heavy atom. The third-order valence-electron chi connectivity index (χ3n) is 2.03. The molecule has 0 aromatic heterocycles. The predicted octanol–water partition coefficient (Wildman–Crippen LogP) is 0.743.